The lowest BCUT2D eigenvalue weighted by Crippen LogP contribution is -2.23. The SMILES string of the molecule is Cc1cc(-c2ncn(/C=C(/C(=O)N(C)C)c3cccnc3)n2)cc(C(F)(F)F)c1.Cc1cc(-c2ncn(/C=C(/C(=O)N(C)C)c3ccncc3)n2)cc(C(F)(F)F)c1.Cc1cc(-c2ncn(/C=C(/C(=O)O)c3cnn(C)c3)n2)cc(C(F)(F)F)c1.Cc1cc(-c2ncn(/C=C(/C(N)=O)c3cncc(F)c3)n2)cc(C(F)(F)F)c1.Cc1cc(C)cc(-c2ncn(/C=C(/C(N)=O)c3ccc(-c4cccnc4)cc3)n2)c1. The van der Waals surface area contributed by atoms with Crippen molar-refractivity contribution in [2.24, 2.45) is 18.5 Å². The molecule has 10 heterocycles. The van der Waals surface area contributed by atoms with Gasteiger partial charge in [-0.1, -0.05) is 53.6 Å². The molecule has 0 aliphatic heterocycles. The highest BCUT2D eigenvalue weighted by molar-refractivity contribution is 6.24. The number of amides is 4. The Morgan fingerprint density at radius 1 is 0.329 bits per heavy atom. The van der Waals surface area contributed by atoms with Gasteiger partial charge in [0.15, 0.2) is 29.1 Å². The Morgan fingerprint density at radius 2 is 0.657 bits per heavy atom. The van der Waals surface area contributed by atoms with E-state index in [0.717, 1.165) is 98.0 Å². The Morgan fingerprint density at radius 3 is 0.979 bits per heavy atom. The van der Waals surface area contributed by atoms with Crippen LogP contribution in [0.1, 0.15) is 83.5 Å². The number of hydrogen-bond acceptors (Lipinski definition) is 20. The van der Waals surface area contributed by atoms with Crippen LogP contribution in [-0.2, 0) is 55.7 Å². The second kappa shape index (κ2) is 44.6. The second-order valence-corrected chi connectivity index (χ2v) is 32.2. The molecule has 0 aliphatic rings. The highest BCUT2D eigenvalue weighted by atomic mass is 19.4. The van der Waals surface area contributed by atoms with Crippen LogP contribution >= 0.6 is 0 Å². The zero-order chi connectivity index (χ0) is 104. The number of aromatic nitrogens is 21. The van der Waals surface area contributed by atoms with Crippen molar-refractivity contribution in [2.45, 2.75) is 66.2 Å². The standard InChI is InChI=1S/C24H21N5O.2C20H18F3N5O.C18H13F4N5O.C17H14F3N5O2/c1-16-10-17(2)12-21(11-16)24-27-15-29(28-24)14-22(23(25)30)19-7-5-18(6-8-19)20-4-3-9-26-13-20;1-13-8-15(10-16(9-13)20(21,22)23)18-25-12-28(26-18)11-17(19(29)27(2)3)14-4-6-24-7-5-14;1-13-7-15(9-16(8-13)20(21,22)23)18-25-12-28(26-18)11-17(19(29)27(2)3)14-5-4-6-24-10-14;1-10-2-11(4-13(3-10)18(20,21)22)17-25-9-27(26-17)8-15(16(23)28)12-5-14(19)7-24-6-12;1-10-3-11(5-13(4-10)17(18,19)20)15-21-9-25(23-15)8-14(16(26)27)12-6-22-24(2)7-12/h3-15H,1-2H3,(H2,25,30);2*4-12H,1-3H3;2-9H,1H3,(H2,23,28);3-9H,1-2H3,(H,26,27)/b22-14+;2*17-11+;15-8+;14-8+. The average molecular weight is 1970 g/mol. The second-order valence-electron chi connectivity index (χ2n) is 32.2. The quantitative estimate of drug-likeness (QED) is 0.0444. The zero-order valence-corrected chi connectivity index (χ0v) is 77.4. The van der Waals surface area contributed by atoms with Gasteiger partial charge in [-0.15, -0.1) is 25.5 Å². The maximum atomic E-state index is 13.4. The fourth-order valence-electron chi connectivity index (χ4n) is 13.8. The molecule has 0 radical (unpaired) electrons. The minimum atomic E-state index is -4.51. The molecule has 732 valence electrons. The Bertz CT molecular complexity index is 7290. The Balaban J connectivity index is 0.000000160. The van der Waals surface area contributed by atoms with E-state index in [2.05, 4.69) is 81.5 Å². The molecule has 6 aromatic carbocycles. The molecule has 0 spiro atoms. The molecule has 0 bridgehead atoms. The Hall–Kier alpha value is -18.0. The van der Waals surface area contributed by atoms with E-state index in [1.807, 2.05) is 62.4 Å². The molecule has 44 heteroatoms. The number of pyridine rings is 4. The number of aliphatic carboxylic acids is 1. The molecule has 0 atom stereocenters. The largest absolute Gasteiger partial charge is 0.478 e. The van der Waals surface area contributed by atoms with E-state index in [1.54, 1.807) is 142 Å². The normalized spacial score (nSPS) is 12.1. The number of benzene rings is 6. The van der Waals surface area contributed by atoms with Gasteiger partial charge in [0.05, 0.1) is 62.5 Å². The topological polar surface area (TPSA) is 387 Å². The molecule has 5 N–H and O–H groups in total. The molecule has 16 aromatic rings. The van der Waals surface area contributed by atoms with Crippen molar-refractivity contribution >= 4 is 88.5 Å². The molecule has 10 aromatic heterocycles. The predicted octanol–water partition coefficient (Wildman–Crippen LogP) is 18.0. The maximum Gasteiger partial charge on any atom is 0.416 e. The molecule has 0 unspecified atom stereocenters. The first kappa shape index (κ1) is 104. The van der Waals surface area contributed by atoms with Crippen molar-refractivity contribution in [3.05, 3.63) is 341 Å². The fraction of sp³-hybridized carbons (Fsp3) is 0.152. The van der Waals surface area contributed by atoms with Gasteiger partial charge in [0.2, 0.25) is 0 Å². The number of carboxylic acids is 1. The van der Waals surface area contributed by atoms with Crippen LogP contribution in [0.25, 0.3) is 127 Å². The van der Waals surface area contributed by atoms with E-state index < -0.39 is 70.6 Å². The predicted molar refractivity (Wildman–Crippen MR) is 506 cm³/mol. The van der Waals surface area contributed by atoms with Crippen molar-refractivity contribution in [2.75, 3.05) is 28.2 Å². The first-order chi connectivity index (χ1) is 67.5. The summed E-state index contributed by atoms with van der Waals surface area (Å²) in [6.45, 7) is 10.3. The molecule has 4 amide bonds. The Labute approximate surface area is 805 Å². The van der Waals surface area contributed by atoms with E-state index in [9.17, 15) is 86.2 Å². The third-order valence-corrected chi connectivity index (χ3v) is 20.2. The summed E-state index contributed by atoms with van der Waals surface area (Å²) < 4.78 is 178. The molecule has 31 nitrogen and oxygen atoms in total. The lowest BCUT2D eigenvalue weighted by Gasteiger charge is -2.13. The third kappa shape index (κ3) is 28.1. The van der Waals surface area contributed by atoms with E-state index in [0.29, 0.717) is 67.1 Å². The van der Waals surface area contributed by atoms with E-state index in [1.165, 1.54) is 116 Å². The van der Waals surface area contributed by atoms with Gasteiger partial charge in [-0.05, 0) is 201 Å². The van der Waals surface area contributed by atoms with Crippen LogP contribution in [0.5, 0.6) is 0 Å². The van der Waals surface area contributed by atoms with Crippen LogP contribution in [0.4, 0.5) is 57.1 Å². The molecule has 0 fully saturated rings. The van der Waals surface area contributed by atoms with Crippen LogP contribution < -0.4 is 11.5 Å². The van der Waals surface area contributed by atoms with Crippen LogP contribution in [0.3, 0.4) is 0 Å². The van der Waals surface area contributed by atoms with Crippen molar-refractivity contribution in [3.63, 3.8) is 0 Å². The lowest BCUT2D eigenvalue weighted by molar-refractivity contribution is -0.138. The summed E-state index contributed by atoms with van der Waals surface area (Å²) in [5, 5.41) is 34.4. The van der Waals surface area contributed by atoms with E-state index in [4.69, 9.17) is 11.5 Å². The monoisotopic (exact) mass is 1970 g/mol. The number of hydrogen-bond donors (Lipinski definition) is 3. The summed E-state index contributed by atoms with van der Waals surface area (Å²) >= 11 is 0. The van der Waals surface area contributed by atoms with Crippen molar-refractivity contribution in [1.29, 1.82) is 0 Å². The van der Waals surface area contributed by atoms with Gasteiger partial charge in [0.25, 0.3) is 23.6 Å². The number of carbonyl (C=O) groups is 5. The van der Waals surface area contributed by atoms with Crippen LogP contribution in [0.15, 0.2) is 251 Å². The molecule has 0 saturated carbocycles. The number of nitrogens with two attached hydrogens (primary N) is 2. The summed E-state index contributed by atoms with van der Waals surface area (Å²) in [6.07, 6.45) is 10.6. The van der Waals surface area contributed by atoms with Gasteiger partial charge in [-0.2, -0.15) is 57.8 Å². The highest BCUT2D eigenvalue weighted by Crippen LogP contribution is 2.38. The number of carbonyl (C=O) groups excluding carboxylic acids is 4. The van der Waals surface area contributed by atoms with Crippen molar-refractivity contribution in [1.82, 2.24) is 113 Å². The molecular formula is C99H84F13N25O6. The number of aryl methyl sites for hydroxylation is 7. The number of carboxylic acid groups (broad SMARTS) is 1. The van der Waals surface area contributed by atoms with Gasteiger partial charge in [0, 0.05) is 160 Å². The highest BCUT2D eigenvalue weighted by Gasteiger charge is 2.35. The van der Waals surface area contributed by atoms with Crippen LogP contribution in [0.2, 0.25) is 0 Å². The minimum absolute atomic E-state index is 0.0200. The maximum absolute atomic E-state index is 13.4. The van der Waals surface area contributed by atoms with Gasteiger partial charge >= 0.3 is 30.7 Å². The van der Waals surface area contributed by atoms with Crippen molar-refractivity contribution in [3.8, 4) is 68.1 Å². The zero-order valence-electron chi connectivity index (χ0n) is 77.4. The van der Waals surface area contributed by atoms with Gasteiger partial charge in [0.1, 0.15) is 37.5 Å². The fourth-order valence-corrected chi connectivity index (χ4v) is 13.8. The third-order valence-electron chi connectivity index (χ3n) is 20.2. The first-order valence-electron chi connectivity index (χ1n) is 42.2. The minimum Gasteiger partial charge on any atom is -0.478 e. The average Bonchev–Trinajstić information content (AvgIpc) is 1.73. The Kier molecular flexibility index (Phi) is 32.4. The number of alkyl halides is 12. The summed E-state index contributed by atoms with van der Waals surface area (Å²) in [7, 11) is 8.12. The molecule has 16 rings (SSSR count). The number of rotatable bonds is 21. The number of halogens is 13. The number of likely N-dealkylation sites (N-methyl/N-ethyl adjacent to an activating group) is 2. The summed E-state index contributed by atoms with van der Waals surface area (Å²) in [6, 6.07) is 39.7. The van der Waals surface area contributed by atoms with Crippen LogP contribution in [-0.4, -0.2) is 176 Å². The molecular weight excluding hydrogens is 1880 g/mol. The first-order valence-corrected chi connectivity index (χ1v) is 42.2. The van der Waals surface area contributed by atoms with Gasteiger partial charge in [-0.25, -0.2) is 57.5 Å². The summed E-state index contributed by atoms with van der Waals surface area (Å²) in [5.74, 6) is -2.88. The van der Waals surface area contributed by atoms with Gasteiger partial charge < -0.3 is 26.4 Å². The van der Waals surface area contributed by atoms with E-state index in [-0.39, 0.29) is 74.1 Å². The van der Waals surface area contributed by atoms with Crippen LogP contribution in [0, 0.1) is 47.4 Å². The molecule has 0 aliphatic carbocycles. The van der Waals surface area contributed by atoms with E-state index >= 15 is 0 Å². The van der Waals surface area contributed by atoms with Gasteiger partial charge in [-0.3, -0.25) is 43.8 Å². The summed E-state index contributed by atoms with van der Waals surface area (Å²) in [5.41, 5.74) is 18.8. The van der Waals surface area contributed by atoms with Crippen molar-refractivity contribution < 1.29 is 86.2 Å². The lowest BCUT2D eigenvalue weighted by atomic mass is 10.0. The molecule has 0 saturated heterocycles. The molecule has 143 heavy (non-hydrogen) atoms. The number of primary amides is 2. The smallest absolute Gasteiger partial charge is 0.416 e. The summed E-state index contributed by atoms with van der Waals surface area (Å²) in [4.78, 5) is 99.6. The number of nitrogens with zero attached hydrogens (tertiary/aromatic N) is 23.